The lowest BCUT2D eigenvalue weighted by Gasteiger charge is -2.44. The van der Waals surface area contributed by atoms with E-state index in [0.717, 1.165) is 0 Å². The SMILES string of the molecule is C/C=C/[C@H](O[Si](C)(C)C(C)(C)C)[C@H](O)/C=C/[C@H](O[Si](C)(C)C(C)(C)C)[C@H](/C=C/CO[Si](C)(C)C(C)(C)C)O[Si](C)(C)C(C)(C)C. The van der Waals surface area contributed by atoms with Gasteiger partial charge in [0.05, 0.1) is 24.9 Å². The first-order valence-corrected chi connectivity index (χ1v) is 28.7. The standard InChI is InChI=1S/C36H76O5Si4/c1-22-24-30(39-43(16,17)34(5,6)7)29(37)26-27-32(41-45(20,21)36(11,12)13)31(40-44(18,19)35(8,9)10)25-23-28-38-42(14,15)33(2,3)4/h22-27,29-32,37H,28H2,1-21H3/b24-22+,25-23+,27-26+/t29-,30+,31+,32+/m1/s1. The molecule has 0 aliphatic heterocycles. The van der Waals surface area contributed by atoms with Gasteiger partial charge in [0.15, 0.2) is 33.3 Å². The molecule has 0 aromatic rings. The van der Waals surface area contributed by atoms with Gasteiger partial charge in [-0.15, -0.1) is 0 Å². The molecule has 0 radical (unpaired) electrons. The van der Waals surface area contributed by atoms with Crippen molar-refractivity contribution in [2.45, 2.75) is 187 Å². The maximum absolute atomic E-state index is 11.5. The summed E-state index contributed by atoms with van der Waals surface area (Å²) >= 11 is 0. The lowest BCUT2D eigenvalue weighted by Crippen LogP contribution is -2.51. The Balaban J connectivity index is 6.85. The number of hydrogen-bond donors (Lipinski definition) is 1. The van der Waals surface area contributed by atoms with Crippen LogP contribution in [0.15, 0.2) is 36.5 Å². The highest BCUT2D eigenvalue weighted by molar-refractivity contribution is 6.75. The first-order valence-electron chi connectivity index (χ1n) is 17.1. The van der Waals surface area contributed by atoms with Crippen LogP contribution in [0.1, 0.15) is 90.0 Å². The van der Waals surface area contributed by atoms with Crippen LogP contribution in [0.25, 0.3) is 0 Å². The minimum absolute atomic E-state index is 0.00726. The van der Waals surface area contributed by atoms with Crippen molar-refractivity contribution in [1.29, 1.82) is 0 Å². The van der Waals surface area contributed by atoms with E-state index in [1.807, 2.05) is 31.2 Å². The number of rotatable bonds is 15. The summed E-state index contributed by atoms with van der Waals surface area (Å²) < 4.78 is 27.4. The number of aliphatic hydroxyl groups is 1. The smallest absolute Gasteiger partial charge is 0.193 e. The highest BCUT2D eigenvalue weighted by Crippen LogP contribution is 2.42. The number of hydrogen-bond acceptors (Lipinski definition) is 5. The average molecular weight is 701 g/mol. The second-order valence-electron chi connectivity index (χ2n) is 18.9. The zero-order valence-electron chi connectivity index (χ0n) is 33.6. The molecule has 9 heteroatoms. The zero-order chi connectivity index (χ0) is 36.1. The number of aliphatic hydroxyl groups excluding tert-OH is 1. The van der Waals surface area contributed by atoms with Crippen molar-refractivity contribution >= 4 is 33.3 Å². The Morgan fingerprint density at radius 1 is 0.489 bits per heavy atom. The van der Waals surface area contributed by atoms with Crippen LogP contribution in [0.5, 0.6) is 0 Å². The Morgan fingerprint density at radius 3 is 1.16 bits per heavy atom. The van der Waals surface area contributed by atoms with Gasteiger partial charge >= 0.3 is 0 Å². The van der Waals surface area contributed by atoms with Crippen molar-refractivity contribution < 1.29 is 22.8 Å². The summed E-state index contributed by atoms with van der Waals surface area (Å²) in [6.45, 7) is 47.7. The molecule has 0 aliphatic carbocycles. The summed E-state index contributed by atoms with van der Waals surface area (Å²) in [5, 5.41) is 11.8. The van der Waals surface area contributed by atoms with Gasteiger partial charge in [-0.2, -0.15) is 0 Å². The van der Waals surface area contributed by atoms with Crippen LogP contribution < -0.4 is 0 Å². The fraction of sp³-hybridized carbons (Fsp3) is 0.833. The van der Waals surface area contributed by atoms with Crippen LogP contribution in [0.4, 0.5) is 0 Å². The minimum Gasteiger partial charge on any atom is -0.413 e. The quantitative estimate of drug-likeness (QED) is 0.136. The first kappa shape index (κ1) is 44.9. The summed E-state index contributed by atoms with van der Waals surface area (Å²) in [7, 11) is -8.45. The largest absolute Gasteiger partial charge is 0.413 e. The van der Waals surface area contributed by atoms with Crippen molar-refractivity contribution in [3.05, 3.63) is 36.5 Å². The van der Waals surface area contributed by atoms with Gasteiger partial charge in [-0.3, -0.25) is 0 Å². The molecule has 45 heavy (non-hydrogen) atoms. The second-order valence-corrected chi connectivity index (χ2v) is 38.0. The molecular weight excluding hydrogens is 625 g/mol. The highest BCUT2D eigenvalue weighted by atomic mass is 28.4. The molecule has 1 N–H and O–H groups in total. The van der Waals surface area contributed by atoms with Crippen molar-refractivity contribution in [2.24, 2.45) is 0 Å². The summed E-state index contributed by atoms with van der Waals surface area (Å²) in [5.41, 5.74) is 0. The van der Waals surface area contributed by atoms with Crippen LogP contribution in [0, 0.1) is 0 Å². The molecule has 0 bridgehead atoms. The zero-order valence-corrected chi connectivity index (χ0v) is 37.6. The van der Waals surface area contributed by atoms with E-state index in [-0.39, 0.29) is 32.4 Å². The van der Waals surface area contributed by atoms with E-state index in [2.05, 4.69) is 148 Å². The Morgan fingerprint density at radius 2 is 0.822 bits per heavy atom. The molecule has 0 aromatic heterocycles. The molecule has 0 amide bonds. The van der Waals surface area contributed by atoms with Crippen LogP contribution in [0.2, 0.25) is 72.5 Å². The molecule has 0 fully saturated rings. The van der Waals surface area contributed by atoms with Gasteiger partial charge in [0.25, 0.3) is 0 Å². The van der Waals surface area contributed by atoms with Crippen molar-refractivity contribution in [2.75, 3.05) is 6.61 Å². The third kappa shape index (κ3) is 13.7. The van der Waals surface area contributed by atoms with Crippen LogP contribution in [-0.2, 0) is 17.7 Å². The van der Waals surface area contributed by atoms with Gasteiger partial charge in [-0.05, 0) is 79.5 Å². The third-order valence-corrected chi connectivity index (χ3v) is 28.8. The predicted octanol–water partition coefficient (Wildman–Crippen LogP) is 11.2. The molecule has 5 nitrogen and oxygen atoms in total. The lowest BCUT2D eigenvalue weighted by atomic mass is 10.1. The van der Waals surface area contributed by atoms with Gasteiger partial charge in [-0.1, -0.05) is 120 Å². The molecule has 0 saturated heterocycles. The van der Waals surface area contributed by atoms with Crippen LogP contribution >= 0.6 is 0 Å². The summed E-state index contributed by atoms with van der Waals surface area (Å²) in [4.78, 5) is 0. The van der Waals surface area contributed by atoms with Crippen molar-refractivity contribution in [3.63, 3.8) is 0 Å². The first-order chi connectivity index (χ1) is 19.7. The second kappa shape index (κ2) is 16.1. The van der Waals surface area contributed by atoms with E-state index in [0.29, 0.717) is 6.61 Å². The molecule has 0 aromatic carbocycles. The van der Waals surface area contributed by atoms with Gasteiger partial charge in [0, 0.05) is 0 Å². The maximum atomic E-state index is 11.5. The van der Waals surface area contributed by atoms with Crippen LogP contribution in [0.3, 0.4) is 0 Å². The summed E-state index contributed by atoms with van der Waals surface area (Å²) in [6, 6.07) is 0. The molecule has 0 aliphatic rings. The fourth-order valence-corrected chi connectivity index (χ4v) is 8.08. The maximum Gasteiger partial charge on any atom is 0.193 e. The molecule has 0 rings (SSSR count). The van der Waals surface area contributed by atoms with E-state index in [9.17, 15) is 5.11 Å². The highest BCUT2D eigenvalue weighted by Gasteiger charge is 2.44. The topological polar surface area (TPSA) is 57.2 Å². The van der Waals surface area contributed by atoms with Gasteiger partial charge < -0.3 is 22.8 Å². The van der Waals surface area contributed by atoms with E-state index in [4.69, 9.17) is 17.7 Å². The van der Waals surface area contributed by atoms with Gasteiger partial charge in [0.2, 0.25) is 0 Å². The van der Waals surface area contributed by atoms with E-state index in [1.54, 1.807) is 0 Å². The molecule has 4 atom stereocenters. The minimum atomic E-state index is -2.23. The fourth-order valence-electron chi connectivity index (χ4n) is 3.39. The Bertz CT molecular complexity index is 987. The molecule has 0 saturated carbocycles. The van der Waals surface area contributed by atoms with Gasteiger partial charge in [-0.25, -0.2) is 0 Å². The van der Waals surface area contributed by atoms with E-state index >= 15 is 0 Å². The lowest BCUT2D eigenvalue weighted by molar-refractivity contribution is 0.0796. The monoisotopic (exact) mass is 700 g/mol. The van der Waals surface area contributed by atoms with Crippen LogP contribution in [-0.4, -0.2) is 69.4 Å². The Kier molecular flexibility index (Phi) is 16.0. The van der Waals surface area contributed by atoms with E-state index < -0.39 is 45.5 Å². The number of allylic oxidation sites excluding steroid dienone is 1. The predicted molar refractivity (Wildman–Crippen MR) is 208 cm³/mol. The third-order valence-electron chi connectivity index (χ3n) is 10.9. The molecule has 0 spiro atoms. The summed E-state index contributed by atoms with van der Waals surface area (Å²) in [5.74, 6) is 0. The molecule has 266 valence electrons. The van der Waals surface area contributed by atoms with Gasteiger partial charge in [0.1, 0.15) is 6.10 Å². The normalized spacial score (nSPS) is 18.3. The van der Waals surface area contributed by atoms with E-state index in [1.165, 1.54) is 0 Å². The molecular formula is C36H76O5Si4. The average Bonchev–Trinajstić information content (AvgIpc) is 2.80. The van der Waals surface area contributed by atoms with Crippen molar-refractivity contribution in [3.8, 4) is 0 Å². The van der Waals surface area contributed by atoms with Crippen molar-refractivity contribution in [1.82, 2.24) is 0 Å². The Labute approximate surface area is 285 Å². The summed E-state index contributed by atoms with van der Waals surface area (Å²) in [6.07, 6.45) is 10.2. The Hall–Kier alpha value is -0.112. The molecule has 0 heterocycles. The molecule has 0 unspecified atom stereocenters.